The largest absolute Gasteiger partial charge is 0.396 e. The Hall–Kier alpha value is -0.910. The topological polar surface area (TPSA) is 52.6 Å². The molecule has 1 aromatic rings. The van der Waals surface area contributed by atoms with Crippen molar-refractivity contribution >= 4 is 17.2 Å². The Morgan fingerprint density at radius 3 is 3.20 bits per heavy atom. The van der Waals surface area contributed by atoms with Crippen LogP contribution in [0.5, 0.6) is 0 Å². The Bertz CT molecular complexity index is 393. The zero-order valence-corrected chi connectivity index (χ0v) is 12.7. The smallest absolute Gasteiger partial charge is 0.234 e. The van der Waals surface area contributed by atoms with Gasteiger partial charge in [-0.25, -0.2) is 0 Å². The van der Waals surface area contributed by atoms with E-state index in [1.54, 1.807) is 11.3 Å². The second-order valence-corrected chi connectivity index (χ2v) is 6.47. The van der Waals surface area contributed by atoms with E-state index in [-0.39, 0.29) is 12.5 Å². The summed E-state index contributed by atoms with van der Waals surface area (Å²) < 4.78 is 0. The number of carbonyl (C=O) groups is 1. The van der Waals surface area contributed by atoms with E-state index in [4.69, 9.17) is 5.11 Å². The van der Waals surface area contributed by atoms with Crippen molar-refractivity contribution in [2.45, 2.75) is 25.7 Å². The van der Waals surface area contributed by atoms with Crippen LogP contribution in [0.1, 0.15) is 24.1 Å². The van der Waals surface area contributed by atoms with Crippen molar-refractivity contribution in [2.24, 2.45) is 5.92 Å². The highest BCUT2D eigenvalue weighted by Crippen LogP contribution is 2.18. The fourth-order valence-corrected chi connectivity index (χ4v) is 3.46. The van der Waals surface area contributed by atoms with Gasteiger partial charge in [-0.2, -0.15) is 0 Å². The van der Waals surface area contributed by atoms with Gasteiger partial charge in [-0.3, -0.25) is 9.69 Å². The van der Waals surface area contributed by atoms with Crippen LogP contribution in [0.4, 0.5) is 0 Å². The number of nitrogens with one attached hydrogen (secondary N) is 1. The number of hydrogen-bond acceptors (Lipinski definition) is 4. The van der Waals surface area contributed by atoms with Gasteiger partial charge in [-0.05, 0) is 49.6 Å². The molecule has 2 rings (SSSR count). The zero-order valence-electron chi connectivity index (χ0n) is 11.9. The number of thiophene rings is 1. The summed E-state index contributed by atoms with van der Waals surface area (Å²) in [4.78, 5) is 15.4. The standard InChI is InChI=1S/C15H24N2O2S/c18-9-6-13-3-1-8-17(11-13)12-15(19)16-7-5-14-4-2-10-20-14/h2,4,10,13,18H,1,3,5-9,11-12H2,(H,16,19). The van der Waals surface area contributed by atoms with E-state index in [9.17, 15) is 4.79 Å². The number of piperidine rings is 1. The number of carbonyl (C=O) groups excluding carboxylic acids is 1. The lowest BCUT2D eigenvalue weighted by molar-refractivity contribution is -0.122. The summed E-state index contributed by atoms with van der Waals surface area (Å²) in [5.41, 5.74) is 0. The molecule has 2 heterocycles. The Labute approximate surface area is 124 Å². The number of nitrogens with zero attached hydrogens (tertiary/aromatic N) is 1. The van der Waals surface area contributed by atoms with Crippen molar-refractivity contribution < 1.29 is 9.90 Å². The Balaban J connectivity index is 1.63. The highest BCUT2D eigenvalue weighted by Gasteiger charge is 2.20. The summed E-state index contributed by atoms with van der Waals surface area (Å²) in [7, 11) is 0. The molecule has 20 heavy (non-hydrogen) atoms. The molecule has 0 bridgehead atoms. The normalized spacial score (nSPS) is 19.9. The van der Waals surface area contributed by atoms with E-state index in [2.05, 4.69) is 21.7 Å². The first-order chi connectivity index (χ1) is 9.78. The molecule has 1 amide bonds. The van der Waals surface area contributed by atoms with Gasteiger partial charge in [0.2, 0.25) is 5.91 Å². The number of amides is 1. The van der Waals surface area contributed by atoms with Crippen LogP contribution < -0.4 is 5.32 Å². The molecule has 1 aliphatic heterocycles. The maximum absolute atomic E-state index is 11.9. The molecule has 112 valence electrons. The molecule has 1 fully saturated rings. The van der Waals surface area contributed by atoms with E-state index in [1.165, 1.54) is 11.3 Å². The van der Waals surface area contributed by atoms with Crippen molar-refractivity contribution in [3.05, 3.63) is 22.4 Å². The first-order valence-corrected chi connectivity index (χ1v) is 8.28. The van der Waals surface area contributed by atoms with Gasteiger partial charge in [-0.15, -0.1) is 11.3 Å². The van der Waals surface area contributed by atoms with E-state index >= 15 is 0 Å². The molecule has 0 radical (unpaired) electrons. The van der Waals surface area contributed by atoms with Crippen LogP contribution in [0, 0.1) is 5.92 Å². The highest BCUT2D eigenvalue weighted by molar-refractivity contribution is 7.09. The summed E-state index contributed by atoms with van der Waals surface area (Å²) in [6.45, 7) is 3.41. The lowest BCUT2D eigenvalue weighted by atomic mass is 9.95. The quantitative estimate of drug-likeness (QED) is 0.802. The predicted octanol–water partition coefficient (Wildman–Crippen LogP) is 1.50. The average Bonchev–Trinajstić information content (AvgIpc) is 2.93. The van der Waals surface area contributed by atoms with Gasteiger partial charge >= 0.3 is 0 Å². The first kappa shape index (κ1) is 15.5. The van der Waals surface area contributed by atoms with E-state index in [0.29, 0.717) is 19.0 Å². The van der Waals surface area contributed by atoms with Crippen molar-refractivity contribution in [3.8, 4) is 0 Å². The molecule has 0 aliphatic carbocycles. The Morgan fingerprint density at radius 2 is 2.45 bits per heavy atom. The van der Waals surface area contributed by atoms with Crippen molar-refractivity contribution in [3.63, 3.8) is 0 Å². The van der Waals surface area contributed by atoms with Crippen molar-refractivity contribution in [1.82, 2.24) is 10.2 Å². The molecule has 1 atom stereocenters. The summed E-state index contributed by atoms with van der Waals surface area (Å²) in [5.74, 6) is 0.666. The highest BCUT2D eigenvalue weighted by atomic mass is 32.1. The van der Waals surface area contributed by atoms with Gasteiger partial charge < -0.3 is 10.4 Å². The third kappa shape index (κ3) is 5.23. The van der Waals surface area contributed by atoms with Crippen LogP contribution in [-0.2, 0) is 11.2 Å². The molecule has 1 aromatic heterocycles. The average molecular weight is 296 g/mol. The SMILES string of the molecule is O=C(CN1CCCC(CCO)C1)NCCc1cccs1. The molecule has 2 N–H and O–H groups in total. The first-order valence-electron chi connectivity index (χ1n) is 7.40. The molecular weight excluding hydrogens is 272 g/mol. The molecule has 1 saturated heterocycles. The number of rotatable bonds is 7. The van der Waals surface area contributed by atoms with E-state index < -0.39 is 0 Å². The molecule has 0 spiro atoms. The van der Waals surface area contributed by atoms with Crippen LogP contribution >= 0.6 is 11.3 Å². The minimum atomic E-state index is 0.117. The van der Waals surface area contributed by atoms with Gasteiger partial charge in [0.05, 0.1) is 6.54 Å². The fourth-order valence-electron chi connectivity index (χ4n) is 2.75. The van der Waals surface area contributed by atoms with Crippen LogP contribution in [-0.4, -0.2) is 48.7 Å². The monoisotopic (exact) mass is 296 g/mol. The number of hydrogen-bond donors (Lipinski definition) is 2. The van der Waals surface area contributed by atoms with Crippen molar-refractivity contribution in [1.29, 1.82) is 0 Å². The summed E-state index contributed by atoms with van der Waals surface area (Å²) in [6, 6.07) is 4.14. The molecule has 5 heteroatoms. The van der Waals surface area contributed by atoms with Crippen LogP contribution in [0.25, 0.3) is 0 Å². The molecular formula is C15H24N2O2S. The molecule has 1 aliphatic rings. The second kappa shape index (κ2) is 8.39. The Kier molecular flexibility index (Phi) is 6.50. The number of aliphatic hydroxyl groups is 1. The maximum atomic E-state index is 11.9. The van der Waals surface area contributed by atoms with Crippen molar-refractivity contribution in [2.75, 3.05) is 32.8 Å². The van der Waals surface area contributed by atoms with Crippen LogP contribution in [0.15, 0.2) is 17.5 Å². The summed E-state index contributed by atoms with van der Waals surface area (Å²) in [6.07, 6.45) is 4.08. The molecule has 0 saturated carbocycles. The maximum Gasteiger partial charge on any atom is 0.234 e. The molecule has 1 unspecified atom stereocenters. The lowest BCUT2D eigenvalue weighted by Gasteiger charge is -2.31. The predicted molar refractivity (Wildman–Crippen MR) is 81.9 cm³/mol. The minimum Gasteiger partial charge on any atom is -0.396 e. The summed E-state index contributed by atoms with van der Waals surface area (Å²) in [5, 5.41) is 14.0. The van der Waals surface area contributed by atoms with Gasteiger partial charge in [0, 0.05) is 24.6 Å². The van der Waals surface area contributed by atoms with Gasteiger partial charge in [0.15, 0.2) is 0 Å². The third-order valence-corrected chi connectivity index (χ3v) is 4.72. The molecule has 4 nitrogen and oxygen atoms in total. The fraction of sp³-hybridized carbons (Fsp3) is 0.667. The number of likely N-dealkylation sites (tertiary alicyclic amines) is 1. The zero-order chi connectivity index (χ0) is 14.2. The van der Waals surface area contributed by atoms with Crippen LogP contribution in [0.3, 0.4) is 0 Å². The summed E-state index contributed by atoms with van der Waals surface area (Å²) >= 11 is 1.73. The van der Waals surface area contributed by atoms with Crippen LogP contribution in [0.2, 0.25) is 0 Å². The van der Waals surface area contributed by atoms with Gasteiger partial charge in [0.1, 0.15) is 0 Å². The van der Waals surface area contributed by atoms with E-state index in [0.717, 1.165) is 32.4 Å². The van der Waals surface area contributed by atoms with Gasteiger partial charge in [0.25, 0.3) is 0 Å². The Morgan fingerprint density at radius 1 is 1.55 bits per heavy atom. The van der Waals surface area contributed by atoms with Gasteiger partial charge in [-0.1, -0.05) is 6.07 Å². The third-order valence-electron chi connectivity index (χ3n) is 3.78. The minimum absolute atomic E-state index is 0.117. The molecule has 0 aromatic carbocycles. The lowest BCUT2D eigenvalue weighted by Crippen LogP contribution is -2.43. The second-order valence-electron chi connectivity index (χ2n) is 5.43. The van der Waals surface area contributed by atoms with E-state index in [1.807, 2.05) is 6.07 Å². The number of aliphatic hydroxyl groups excluding tert-OH is 1.